The van der Waals surface area contributed by atoms with Crippen LogP contribution in [-0.4, -0.2) is 54.0 Å². The van der Waals surface area contributed by atoms with Crippen molar-refractivity contribution in [3.63, 3.8) is 0 Å². The van der Waals surface area contributed by atoms with Gasteiger partial charge >= 0.3 is 6.03 Å². The van der Waals surface area contributed by atoms with Crippen molar-refractivity contribution >= 4 is 23.3 Å². The van der Waals surface area contributed by atoms with Gasteiger partial charge in [0.2, 0.25) is 5.91 Å². The summed E-state index contributed by atoms with van der Waals surface area (Å²) in [6.07, 6.45) is 8.43. The Kier molecular flexibility index (Phi) is 6.73. The normalized spacial score (nSPS) is 19.0. The van der Waals surface area contributed by atoms with E-state index in [4.69, 9.17) is 0 Å². The number of aryl methyl sites for hydroxylation is 1. The topological polar surface area (TPSA) is 52.7 Å². The first-order valence-corrected chi connectivity index (χ1v) is 10.5. The summed E-state index contributed by atoms with van der Waals surface area (Å²) in [5, 5.41) is 5.25. The van der Waals surface area contributed by atoms with Gasteiger partial charge in [-0.15, -0.1) is 11.3 Å². The minimum absolute atomic E-state index is 0.0525. The van der Waals surface area contributed by atoms with E-state index in [2.05, 4.69) is 22.8 Å². The van der Waals surface area contributed by atoms with Gasteiger partial charge in [-0.25, -0.2) is 4.79 Å². The summed E-state index contributed by atoms with van der Waals surface area (Å²) >= 11 is 1.75. The van der Waals surface area contributed by atoms with Crippen molar-refractivity contribution in [1.29, 1.82) is 0 Å². The molecule has 0 spiro atoms. The Bertz CT molecular complexity index is 547. The SMILES string of the molecule is O=C(CCCc1cccs1)N1CCN(C(=O)NC2CCCCC2)CC1. The molecule has 3 amide bonds. The third-order valence-electron chi connectivity index (χ3n) is 5.25. The molecule has 2 heterocycles. The minimum atomic E-state index is 0.0525. The van der Waals surface area contributed by atoms with Crippen LogP contribution in [0.3, 0.4) is 0 Å². The molecule has 0 bridgehead atoms. The standard InChI is InChI=1S/C19H29N3O2S/c23-18(10-4-8-17-9-5-15-25-17)21-11-13-22(14-12-21)19(24)20-16-6-2-1-3-7-16/h5,9,15-16H,1-4,6-8,10-14H2,(H,20,24). The van der Waals surface area contributed by atoms with Crippen LogP contribution in [0, 0.1) is 0 Å². The lowest BCUT2D eigenvalue weighted by Gasteiger charge is -2.36. The van der Waals surface area contributed by atoms with Gasteiger partial charge < -0.3 is 15.1 Å². The fraction of sp³-hybridized carbons (Fsp3) is 0.684. The lowest BCUT2D eigenvalue weighted by molar-refractivity contribution is -0.132. The molecule has 1 N–H and O–H groups in total. The second-order valence-electron chi connectivity index (χ2n) is 7.09. The third-order valence-corrected chi connectivity index (χ3v) is 6.18. The fourth-order valence-corrected chi connectivity index (χ4v) is 4.45. The summed E-state index contributed by atoms with van der Waals surface area (Å²) in [6.45, 7) is 2.62. The number of piperazine rings is 1. The summed E-state index contributed by atoms with van der Waals surface area (Å²) in [5.74, 6) is 0.226. The van der Waals surface area contributed by atoms with Gasteiger partial charge in [-0.05, 0) is 37.1 Å². The molecular formula is C19H29N3O2S. The molecule has 1 saturated carbocycles. The number of carbonyl (C=O) groups is 2. The number of urea groups is 1. The van der Waals surface area contributed by atoms with Crippen LogP contribution in [0.5, 0.6) is 0 Å². The lowest BCUT2D eigenvalue weighted by Crippen LogP contribution is -2.54. The van der Waals surface area contributed by atoms with E-state index in [1.165, 1.54) is 24.1 Å². The summed E-state index contributed by atoms with van der Waals surface area (Å²) < 4.78 is 0. The summed E-state index contributed by atoms with van der Waals surface area (Å²) in [4.78, 5) is 29.8. The maximum absolute atomic E-state index is 12.4. The maximum atomic E-state index is 12.4. The van der Waals surface area contributed by atoms with E-state index in [1.54, 1.807) is 11.3 Å². The van der Waals surface area contributed by atoms with E-state index in [1.807, 2.05) is 9.80 Å². The number of carbonyl (C=O) groups excluding carboxylic acids is 2. The molecule has 1 saturated heterocycles. The van der Waals surface area contributed by atoms with Gasteiger partial charge in [0.25, 0.3) is 0 Å². The van der Waals surface area contributed by atoms with Crippen LogP contribution < -0.4 is 5.32 Å². The highest BCUT2D eigenvalue weighted by molar-refractivity contribution is 7.09. The molecule has 0 aromatic carbocycles. The predicted octanol–water partition coefficient (Wildman–Crippen LogP) is 3.26. The highest BCUT2D eigenvalue weighted by Gasteiger charge is 2.25. The van der Waals surface area contributed by atoms with Crippen molar-refractivity contribution in [3.8, 4) is 0 Å². The van der Waals surface area contributed by atoms with Crippen LogP contribution in [0.2, 0.25) is 0 Å². The Morgan fingerprint density at radius 3 is 2.48 bits per heavy atom. The summed E-state index contributed by atoms with van der Waals surface area (Å²) in [5.41, 5.74) is 0. The van der Waals surface area contributed by atoms with Gasteiger partial charge in [0.05, 0.1) is 0 Å². The van der Waals surface area contributed by atoms with Crippen molar-refractivity contribution in [2.45, 2.75) is 57.4 Å². The highest BCUT2D eigenvalue weighted by Crippen LogP contribution is 2.18. The monoisotopic (exact) mass is 363 g/mol. The molecule has 1 aliphatic carbocycles. The Balaban J connectivity index is 1.34. The Labute approximate surface area is 154 Å². The number of hydrogen-bond donors (Lipinski definition) is 1. The average Bonchev–Trinajstić information content (AvgIpc) is 3.16. The van der Waals surface area contributed by atoms with Gasteiger partial charge in [-0.1, -0.05) is 25.3 Å². The van der Waals surface area contributed by atoms with Gasteiger partial charge in [0.1, 0.15) is 0 Å². The van der Waals surface area contributed by atoms with Crippen LogP contribution in [0.4, 0.5) is 4.79 Å². The predicted molar refractivity (Wildman–Crippen MR) is 101 cm³/mol. The molecule has 0 radical (unpaired) electrons. The number of nitrogens with zero attached hydrogens (tertiary/aromatic N) is 2. The van der Waals surface area contributed by atoms with Crippen molar-refractivity contribution in [3.05, 3.63) is 22.4 Å². The summed E-state index contributed by atoms with van der Waals surface area (Å²) in [7, 11) is 0. The second-order valence-corrected chi connectivity index (χ2v) is 8.12. The molecule has 5 nitrogen and oxygen atoms in total. The number of rotatable bonds is 5. The first kappa shape index (κ1) is 18.2. The molecule has 0 unspecified atom stereocenters. The van der Waals surface area contributed by atoms with Gasteiger partial charge in [0.15, 0.2) is 0 Å². The minimum Gasteiger partial charge on any atom is -0.339 e. The van der Waals surface area contributed by atoms with Crippen LogP contribution in [0.15, 0.2) is 17.5 Å². The third kappa shape index (κ3) is 5.46. The van der Waals surface area contributed by atoms with E-state index < -0.39 is 0 Å². The van der Waals surface area contributed by atoms with Crippen molar-refractivity contribution in [2.75, 3.05) is 26.2 Å². The molecular weight excluding hydrogens is 334 g/mol. The van der Waals surface area contributed by atoms with Crippen LogP contribution in [0.1, 0.15) is 49.8 Å². The molecule has 1 aliphatic heterocycles. The first-order valence-electron chi connectivity index (χ1n) is 9.58. The summed E-state index contributed by atoms with van der Waals surface area (Å²) in [6, 6.07) is 4.58. The van der Waals surface area contributed by atoms with E-state index in [0.717, 1.165) is 25.7 Å². The number of thiophene rings is 1. The maximum Gasteiger partial charge on any atom is 0.317 e. The molecule has 2 fully saturated rings. The number of amides is 3. The van der Waals surface area contributed by atoms with Gasteiger partial charge in [0, 0.05) is 43.5 Å². The Morgan fingerprint density at radius 2 is 1.80 bits per heavy atom. The van der Waals surface area contributed by atoms with Crippen LogP contribution in [0.25, 0.3) is 0 Å². The molecule has 0 atom stereocenters. The lowest BCUT2D eigenvalue weighted by atomic mass is 9.96. The molecule has 1 aromatic rings. The zero-order chi connectivity index (χ0) is 17.5. The van der Waals surface area contributed by atoms with E-state index in [-0.39, 0.29) is 11.9 Å². The van der Waals surface area contributed by atoms with Crippen LogP contribution >= 0.6 is 11.3 Å². The zero-order valence-corrected chi connectivity index (χ0v) is 15.7. The Morgan fingerprint density at radius 1 is 1.08 bits per heavy atom. The van der Waals surface area contributed by atoms with Crippen LogP contribution in [-0.2, 0) is 11.2 Å². The Hall–Kier alpha value is -1.56. The van der Waals surface area contributed by atoms with E-state index >= 15 is 0 Å². The van der Waals surface area contributed by atoms with Gasteiger partial charge in [-0.2, -0.15) is 0 Å². The highest BCUT2D eigenvalue weighted by atomic mass is 32.1. The molecule has 1 aromatic heterocycles. The molecule has 2 aliphatic rings. The van der Waals surface area contributed by atoms with Gasteiger partial charge in [-0.3, -0.25) is 4.79 Å². The van der Waals surface area contributed by atoms with Crippen molar-refractivity contribution in [2.24, 2.45) is 0 Å². The molecule has 138 valence electrons. The number of nitrogens with one attached hydrogen (secondary N) is 1. The average molecular weight is 364 g/mol. The van der Waals surface area contributed by atoms with E-state index in [9.17, 15) is 9.59 Å². The van der Waals surface area contributed by atoms with Crippen molar-refractivity contribution in [1.82, 2.24) is 15.1 Å². The molecule has 6 heteroatoms. The largest absolute Gasteiger partial charge is 0.339 e. The zero-order valence-electron chi connectivity index (χ0n) is 14.9. The first-order chi connectivity index (χ1) is 12.2. The van der Waals surface area contributed by atoms with Crippen molar-refractivity contribution < 1.29 is 9.59 Å². The fourth-order valence-electron chi connectivity index (χ4n) is 3.70. The number of hydrogen-bond acceptors (Lipinski definition) is 3. The second kappa shape index (κ2) is 9.22. The molecule has 25 heavy (non-hydrogen) atoms. The smallest absolute Gasteiger partial charge is 0.317 e. The molecule has 3 rings (SSSR count). The van der Waals surface area contributed by atoms with E-state index in [0.29, 0.717) is 38.6 Å². The quantitative estimate of drug-likeness (QED) is 0.873.